The van der Waals surface area contributed by atoms with Gasteiger partial charge < -0.3 is 5.32 Å². The third kappa shape index (κ3) is 3.25. The zero-order chi connectivity index (χ0) is 22.5. The van der Waals surface area contributed by atoms with Gasteiger partial charge in [0.05, 0.1) is 11.1 Å². The molecule has 0 aliphatic heterocycles. The summed E-state index contributed by atoms with van der Waals surface area (Å²) in [4.78, 5) is 33.9. The lowest BCUT2D eigenvalue weighted by Gasteiger charge is -2.09. The van der Waals surface area contributed by atoms with E-state index in [9.17, 15) is 9.59 Å². The van der Waals surface area contributed by atoms with E-state index in [-0.39, 0.29) is 11.4 Å². The minimum atomic E-state index is -0.454. The maximum absolute atomic E-state index is 13.8. The zero-order valence-electron chi connectivity index (χ0n) is 18.0. The highest BCUT2D eigenvalue weighted by atomic mass is 32.1. The number of fused-ring (bicyclic) bond motifs is 4. The Labute approximate surface area is 193 Å². The van der Waals surface area contributed by atoms with Crippen LogP contribution in [0.4, 0.5) is 5.69 Å². The second-order valence-corrected chi connectivity index (χ2v) is 9.42. The SMILES string of the molecule is Cc1ccc(-n2nc(C(=O)Nc3ccccc3)n3c(=O)c4c5c(sc4nc23)CCCC5)cc1. The largest absolute Gasteiger partial charge is 0.319 e. The predicted molar refractivity (Wildman–Crippen MR) is 130 cm³/mol. The number of anilines is 1. The number of carbonyl (C=O) groups is 1. The van der Waals surface area contributed by atoms with Crippen molar-refractivity contribution in [2.24, 2.45) is 0 Å². The van der Waals surface area contributed by atoms with E-state index in [1.165, 1.54) is 9.28 Å². The minimum Gasteiger partial charge on any atom is -0.319 e. The zero-order valence-corrected chi connectivity index (χ0v) is 18.9. The Bertz CT molecular complexity index is 1580. The molecule has 1 aliphatic carbocycles. The number of hydrogen-bond acceptors (Lipinski definition) is 5. The fourth-order valence-corrected chi connectivity index (χ4v) is 5.67. The number of benzene rings is 2. The van der Waals surface area contributed by atoms with E-state index in [2.05, 4.69) is 10.4 Å². The molecule has 1 amide bonds. The van der Waals surface area contributed by atoms with Gasteiger partial charge in [-0.15, -0.1) is 16.4 Å². The molecule has 0 radical (unpaired) electrons. The number of aromatic nitrogens is 4. The van der Waals surface area contributed by atoms with Crippen molar-refractivity contribution in [2.45, 2.75) is 32.6 Å². The molecule has 6 rings (SSSR count). The Morgan fingerprint density at radius 3 is 2.58 bits per heavy atom. The number of thiophene rings is 1. The summed E-state index contributed by atoms with van der Waals surface area (Å²) in [6.07, 6.45) is 4.03. The molecular weight excluding hydrogens is 434 g/mol. The molecule has 0 saturated heterocycles. The van der Waals surface area contributed by atoms with Gasteiger partial charge in [-0.25, -0.2) is 9.38 Å². The number of nitrogens with one attached hydrogen (secondary N) is 1. The Morgan fingerprint density at radius 1 is 1.03 bits per heavy atom. The molecule has 1 N–H and O–H groups in total. The van der Waals surface area contributed by atoms with Crippen LogP contribution in [0.3, 0.4) is 0 Å². The first kappa shape index (κ1) is 19.9. The Hall–Kier alpha value is -3.78. The average Bonchev–Trinajstić information content (AvgIpc) is 3.39. The van der Waals surface area contributed by atoms with Crippen molar-refractivity contribution in [3.63, 3.8) is 0 Å². The van der Waals surface area contributed by atoms with Crippen LogP contribution in [0.1, 0.15) is 39.5 Å². The first-order valence-corrected chi connectivity index (χ1v) is 11.8. The highest BCUT2D eigenvalue weighted by Gasteiger charge is 2.26. The number of nitrogens with zero attached hydrogens (tertiary/aromatic N) is 4. The molecule has 5 aromatic rings. The standard InChI is InChI=1S/C25H21N5O2S/c1-15-11-13-17(14-12-15)30-25-27-23-20(18-9-5-6-10-19(18)33-23)24(32)29(25)21(28-30)22(31)26-16-7-3-2-4-8-16/h2-4,7-8,11-14H,5-6,9-10H2,1H3,(H,26,31). The van der Waals surface area contributed by atoms with Crippen LogP contribution in [0.2, 0.25) is 0 Å². The first-order valence-electron chi connectivity index (χ1n) is 11.0. The van der Waals surface area contributed by atoms with Crippen molar-refractivity contribution >= 4 is 38.9 Å². The number of carbonyl (C=O) groups excluding carboxylic acids is 1. The van der Waals surface area contributed by atoms with E-state index in [1.54, 1.807) is 28.2 Å². The summed E-state index contributed by atoms with van der Waals surface area (Å²) in [5, 5.41) is 8.06. The van der Waals surface area contributed by atoms with Gasteiger partial charge in [0.2, 0.25) is 11.6 Å². The van der Waals surface area contributed by atoms with Crippen LogP contribution in [0.25, 0.3) is 21.7 Å². The van der Waals surface area contributed by atoms with E-state index < -0.39 is 5.91 Å². The highest BCUT2D eigenvalue weighted by molar-refractivity contribution is 7.18. The van der Waals surface area contributed by atoms with Gasteiger partial charge in [-0.05, 0) is 62.4 Å². The lowest BCUT2D eigenvalue weighted by molar-refractivity contribution is 0.101. The van der Waals surface area contributed by atoms with E-state index in [4.69, 9.17) is 4.98 Å². The van der Waals surface area contributed by atoms with Crippen molar-refractivity contribution in [1.82, 2.24) is 19.2 Å². The van der Waals surface area contributed by atoms with E-state index >= 15 is 0 Å². The van der Waals surface area contributed by atoms with Gasteiger partial charge in [-0.1, -0.05) is 35.9 Å². The highest BCUT2D eigenvalue weighted by Crippen LogP contribution is 2.34. The van der Waals surface area contributed by atoms with Crippen LogP contribution in [-0.4, -0.2) is 25.1 Å². The molecule has 3 aromatic heterocycles. The lowest BCUT2D eigenvalue weighted by atomic mass is 9.97. The molecule has 33 heavy (non-hydrogen) atoms. The summed E-state index contributed by atoms with van der Waals surface area (Å²) in [7, 11) is 0. The number of hydrogen-bond donors (Lipinski definition) is 1. The predicted octanol–water partition coefficient (Wildman–Crippen LogP) is 4.53. The molecule has 3 heterocycles. The summed E-state index contributed by atoms with van der Waals surface area (Å²) in [5.74, 6) is -0.0952. The molecule has 0 saturated carbocycles. The summed E-state index contributed by atoms with van der Waals surface area (Å²) < 4.78 is 2.95. The molecular formula is C25H21N5O2S. The van der Waals surface area contributed by atoms with E-state index in [0.717, 1.165) is 47.3 Å². The van der Waals surface area contributed by atoms with Gasteiger partial charge in [-0.2, -0.15) is 4.68 Å². The number of rotatable bonds is 3. The van der Waals surface area contributed by atoms with Gasteiger partial charge in [0.25, 0.3) is 11.5 Å². The third-order valence-corrected chi connectivity index (χ3v) is 7.27. The molecule has 8 heteroatoms. The second-order valence-electron chi connectivity index (χ2n) is 8.33. The fraction of sp³-hybridized carbons (Fsp3) is 0.200. The van der Waals surface area contributed by atoms with E-state index in [1.807, 2.05) is 49.4 Å². The van der Waals surface area contributed by atoms with Gasteiger partial charge >= 0.3 is 0 Å². The smallest absolute Gasteiger partial charge is 0.294 e. The minimum absolute atomic E-state index is 0.0181. The van der Waals surface area contributed by atoms with E-state index in [0.29, 0.717) is 16.9 Å². The molecule has 1 aliphatic rings. The van der Waals surface area contributed by atoms with Crippen LogP contribution >= 0.6 is 11.3 Å². The average molecular weight is 456 g/mol. The summed E-state index contributed by atoms with van der Waals surface area (Å²) in [6.45, 7) is 2.01. The van der Waals surface area contributed by atoms with Crippen molar-refractivity contribution < 1.29 is 4.79 Å². The molecule has 7 nitrogen and oxygen atoms in total. The molecule has 2 aromatic carbocycles. The Morgan fingerprint density at radius 2 is 1.79 bits per heavy atom. The molecule has 0 unspecified atom stereocenters. The maximum Gasteiger partial charge on any atom is 0.294 e. The van der Waals surface area contributed by atoms with Gasteiger partial charge in [-0.3, -0.25) is 9.59 Å². The molecule has 164 valence electrons. The third-order valence-electron chi connectivity index (χ3n) is 6.08. The molecule has 0 fully saturated rings. The van der Waals surface area contributed by atoms with Gasteiger partial charge in [0.1, 0.15) is 4.83 Å². The molecule has 0 atom stereocenters. The van der Waals surface area contributed by atoms with Crippen molar-refractivity contribution in [3.8, 4) is 5.69 Å². The van der Waals surface area contributed by atoms with Gasteiger partial charge in [0, 0.05) is 10.6 Å². The van der Waals surface area contributed by atoms with Crippen LogP contribution in [0.15, 0.2) is 59.4 Å². The Balaban J connectivity index is 1.62. The van der Waals surface area contributed by atoms with Crippen LogP contribution in [-0.2, 0) is 12.8 Å². The maximum atomic E-state index is 13.8. The van der Waals surface area contributed by atoms with Crippen LogP contribution in [0, 0.1) is 6.92 Å². The van der Waals surface area contributed by atoms with Crippen LogP contribution in [0.5, 0.6) is 0 Å². The topological polar surface area (TPSA) is 81.3 Å². The Kier molecular flexibility index (Phi) is 4.62. The van der Waals surface area contributed by atoms with Crippen molar-refractivity contribution in [1.29, 1.82) is 0 Å². The fourth-order valence-electron chi connectivity index (χ4n) is 4.43. The van der Waals surface area contributed by atoms with Crippen LogP contribution < -0.4 is 10.9 Å². The summed E-state index contributed by atoms with van der Waals surface area (Å²) >= 11 is 1.59. The second kappa shape index (κ2) is 7.67. The van der Waals surface area contributed by atoms with Crippen molar-refractivity contribution in [2.75, 3.05) is 5.32 Å². The molecule has 0 bridgehead atoms. The number of aryl methyl sites for hydroxylation is 3. The summed E-state index contributed by atoms with van der Waals surface area (Å²) in [6, 6.07) is 16.9. The monoisotopic (exact) mass is 455 g/mol. The number of para-hydroxylation sites is 1. The lowest BCUT2D eigenvalue weighted by Crippen LogP contribution is -2.23. The summed E-state index contributed by atoms with van der Waals surface area (Å²) in [5.41, 5.74) is 3.34. The molecule has 0 spiro atoms. The normalized spacial score (nSPS) is 13.4. The van der Waals surface area contributed by atoms with Gasteiger partial charge in [0.15, 0.2) is 0 Å². The number of amides is 1. The first-order chi connectivity index (χ1) is 16.1. The van der Waals surface area contributed by atoms with Crippen molar-refractivity contribution in [3.05, 3.63) is 86.8 Å². The quantitative estimate of drug-likeness (QED) is 0.433.